The predicted molar refractivity (Wildman–Crippen MR) is 99.8 cm³/mol. The molecule has 0 bridgehead atoms. The van der Waals surface area contributed by atoms with Crippen LogP contribution in [-0.4, -0.2) is 25.3 Å². The van der Waals surface area contributed by atoms with Crippen molar-refractivity contribution in [3.05, 3.63) is 70.7 Å². The van der Waals surface area contributed by atoms with Crippen LogP contribution in [0.25, 0.3) is 0 Å². The minimum absolute atomic E-state index is 0.244. The summed E-state index contributed by atoms with van der Waals surface area (Å²) in [6, 6.07) is 12.2. The molecule has 5 nitrogen and oxygen atoms in total. The highest BCUT2D eigenvalue weighted by molar-refractivity contribution is 6.42. The topological polar surface area (TPSA) is 59.9 Å². The summed E-state index contributed by atoms with van der Waals surface area (Å²) in [5.74, 6) is 0.538. The standard InChI is InChI=1S/C18H16Cl2N2O3/c1-2-10-24-15-8-4-3-6-13(15)11-21-22-17(23)12-25-16-9-5-7-14(19)18(16)20/h2-9,11H,1,10,12H2,(H,22,23). The monoisotopic (exact) mass is 378 g/mol. The first kappa shape index (κ1) is 18.8. The summed E-state index contributed by atoms with van der Waals surface area (Å²) in [4.78, 5) is 11.8. The molecule has 130 valence electrons. The number of para-hydroxylation sites is 1. The Hall–Kier alpha value is -2.50. The van der Waals surface area contributed by atoms with Crippen molar-refractivity contribution in [3.8, 4) is 11.5 Å². The highest BCUT2D eigenvalue weighted by Gasteiger charge is 2.08. The van der Waals surface area contributed by atoms with Crippen LogP contribution in [0.1, 0.15) is 5.56 Å². The van der Waals surface area contributed by atoms with Crippen LogP contribution in [0, 0.1) is 0 Å². The molecule has 0 saturated heterocycles. The minimum atomic E-state index is -0.434. The van der Waals surface area contributed by atoms with E-state index in [1.165, 1.54) is 6.21 Å². The number of carbonyl (C=O) groups excluding carboxylic acids is 1. The fourth-order valence-electron chi connectivity index (χ4n) is 1.81. The fourth-order valence-corrected chi connectivity index (χ4v) is 2.16. The Kier molecular flexibility index (Phi) is 7.32. The van der Waals surface area contributed by atoms with E-state index >= 15 is 0 Å². The van der Waals surface area contributed by atoms with Crippen LogP contribution in [0.5, 0.6) is 11.5 Å². The van der Waals surface area contributed by atoms with Gasteiger partial charge in [0.1, 0.15) is 23.1 Å². The molecule has 0 fully saturated rings. The van der Waals surface area contributed by atoms with Gasteiger partial charge in [0.25, 0.3) is 5.91 Å². The number of hydrogen-bond donors (Lipinski definition) is 1. The number of halogens is 2. The minimum Gasteiger partial charge on any atom is -0.489 e. The molecule has 0 saturated carbocycles. The molecule has 2 aromatic carbocycles. The number of hydrazone groups is 1. The molecule has 0 aromatic heterocycles. The van der Waals surface area contributed by atoms with Crippen LogP contribution >= 0.6 is 23.2 Å². The molecular weight excluding hydrogens is 363 g/mol. The molecule has 0 atom stereocenters. The Bertz CT molecular complexity index is 779. The van der Waals surface area contributed by atoms with Gasteiger partial charge in [0.2, 0.25) is 0 Å². The number of nitrogens with one attached hydrogen (secondary N) is 1. The molecule has 0 aliphatic carbocycles. The Morgan fingerprint density at radius 2 is 1.88 bits per heavy atom. The van der Waals surface area contributed by atoms with Gasteiger partial charge in [-0.1, -0.05) is 54.1 Å². The number of benzene rings is 2. The Labute approximate surface area is 155 Å². The predicted octanol–water partition coefficient (Wildman–Crippen LogP) is 4.09. The second-order valence-corrected chi connectivity index (χ2v) is 5.56. The zero-order valence-corrected chi connectivity index (χ0v) is 14.8. The van der Waals surface area contributed by atoms with Crippen molar-refractivity contribution in [2.75, 3.05) is 13.2 Å². The Balaban J connectivity index is 1.88. The molecule has 7 heteroatoms. The molecule has 2 aromatic rings. The lowest BCUT2D eigenvalue weighted by Gasteiger charge is -2.08. The van der Waals surface area contributed by atoms with E-state index in [0.29, 0.717) is 23.1 Å². The quantitative estimate of drug-likeness (QED) is 0.427. The van der Waals surface area contributed by atoms with Crippen molar-refractivity contribution >= 4 is 35.3 Å². The summed E-state index contributed by atoms with van der Waals surface area (Å²) in [5, 5.41) is 4.51. The van der Waals surface area contributed by atoms with E-state index in [1.807, 2.05) is 18.2 Å². The van der Waals surface area contributed by atoms with Crippen LogP contribution in [-0.2, 0) is 4.79 Å². The molecule has 0 aliphatic rings. The van der Waals surface area contributed by atoms with Gasteiger partial charge in [-0.05, 0) is 24.3 Å². The summed E-state index contributed by atoms with van der Waals surface area (Å²) in [7, 11) is 0. The van der Waals surface area contributed by atoms with Crippen molar-refractivity contribution in [1.29, 1.82) is 0 Å². The molecule has 0 unspecified atom stereocenters. The molecule has 0 heterocycles. The van der Waals surface area contributed by atoms with E-state index in [4.69, 9.17) is 32.7 Å². The van der Waals surface area contributed by atoms with Gasteiger partial charge in [0.15, 0.2) is 6.61 Å². The van der Waals surface area contributed by atoms with Gasteiger partial charge in [-0.15, -0.1) is 0 Å². The average molecular weight is 379 g/mol. The highest BCUT2D eigenvalue weighted by atomic mass is 35.5. The Morgan fingerprint density at radius 1 is 1.12 bits per heavy atom. The maximum atomic E-state index is 11.8. The van der Waals surface area contributed by atoms with Crippen molar-refractivity contribution in [2.45, 2.75) is 0 Å². The zero-order valence-electron chi connectivity index (χ0n) is 13.2. The molecule has 2 rings (SSSR count). The van der Waals surface area contributed by atoms with Crippen LogP contribution in [0.4, 0.5) is 0 Å². The molecule has 0 radical (unpaired) electrons. The second kappa shape index (κ2) is 9.71. The van der Waals surface area contributed by atoms with Gasteiger partial charge in [-0.2, -0.15) is 5.10 Å². The first-order valence-electron chi connectivity index (χ1n) is 7.33. The van der Waals surface area contributed by atoms with Crippen molar-refractivity contribution < 1.29 is 14.3 Å². The van der Waals surface area contributed by atoms with E-state index < -0.39 is 5.91 Å². The number of carbonyl (C=O) groups is 1. The second-order valence-electron chi connectivity index (χ2n) is 4.77. The maximum absolute atomic E-state index is 11.8. The van der Waals surface area contributed by atoms with E-state index in [2.05, 4.69) is 17.1 Å². The summed E-state index contributed by atoms with van der Waals surface area (Å²) in [6.07, 6.45) is 3.14. The third kappa shape index (κ3) is 5.81. The first-order valence-corrected chi connectivity index (χ1v) is 8.09. The molecular formula is C18H16Cl2N2O3. The number of hydrogen-bond acceptors (Lipinski definition) is 4. The van der Waals surface area contributed by atoms with Gasteiger partial charge in [0, 0.05) is 5.56 Å². The van der Waals surface area contributed by atoms with E-state index in [-0.39, 0.29) is 11.6 Å². The lowest BCUT2D eigenvalue weighted by atomic mass is 10.2. The zero-order chi connectivity index (χ0) is 18.1. The largest absolute Gasteiger partial charge is 0.489 e. The molecule has 1 amide bonds. The lowest BCUT2D eigenvalue weighted by Crippen LogP contribution is -2.24. The lowest BCUT2D eigenvalue weighted by molar-refractivity contribution is -0.123. The van der Waals surface area contributed by atoms with Crippen molar-refractivity contribution in [2.24, 2.45) is 5.10 Å². The van der Waals surface area contributed by atoms with Gasteiger partial charge < -0.3 is 9.47 Å². The SMILES string of the molecule is C=CCOc1ccccc1C=NNC(=O)COc1cccc(Cl)c1Cl. The van der Waals surface area contributed by atoms with Gasteiger partial charge in [0.05, 0.1) is 11.2 Å². The van der Waals surface area contributed by atoms with E-state index in [9.17, 15) is 4.79 Å². The summed E-state index contributed by atoms with van der Waals surface area (Å²) >= 11 is 11.9. The number of amides is 1. The number of rotatable bonds is 8. The van der Waals surface area contributed by atoms with Crippen LogP contribution in [0.15, 0.2) is 60.2 Å². The summed E-state index contributed by atoms with van der Waals surface area (Å²) in [6.45, 7) is 3.74. The average Bonchev–Trinajstić information content (AvgIpc) is 2.62. The van der Waals surface area contributed by atoms with E-state index in [0.717, 1.165) is 5.56 Å². The molecule has 0 aliphatic heterocycles. The van der Waals surface area contributed by atoms with Crippen molar-refractivity contribution in [3.63, 3.8) is 0 Å². The van der Waals surface area contributed by atoms with Gasteiger partial charge in [-0.3, -0.25) is 4.79 Å². The maximum Gasteiger partial charge on any atom is 0.277 e. The third-order valence-corrected chi connectivity index (χ3v) is 3.75. The summed E-state index contributed by atoms with van der Waals surface area (Å²) in [5.41, 5.74) is 3.10. The smallest absolute Gasteiger partial charge is 0.277 e. The molecule has 25 heavy (non-hydrogen) atoms. The van der Waals surface area contributed by atoms with Crippen LogP contribution < -0.4 is 14.9 Å². The normalized spacial score (nSPS) is 10.5. The van der Waals surface area contributed by atoms with E-state index in [1.54, 1.807) is 30.3 Å². The first-order chi connectivity index (χ1) is 12.1. The third-order valence-electron chi connectivity index (χ3n) is 2.94. The summed E-state index contributed by atoms with van der Waals surface area (Å²) < 4.78 is 10.8. The van der Waals surface area contributed by atoms with Crippen LogP contribution in [0.3, 0.4) is 0 Å². The highest BCUT2D eigenvalue weighted by Crippen LogP contribution is 2.31. The fraction of sp³-hybridized carbons (Fsp3) is 0.111. The molecule has 0 spiro atoms. The Morgan fingerprint density at radius 3 is 2.68 bits per heavy atom. The number of nitrogens with zero attached hydrogens (tertiary/aromatic N) is 1. The van der Waals surface area contributed by atoms with Crippen LogP contribution in [0.2, 0.25) is 10.0 Å². The van der Waals surface area contributed by atoms with Crippen molar-refractivity contribution in [1.82, 2.24) is 5.43 Å². The van der Waals surface area contributed by atoms with Gasteiger partial charge in [-0.25, -0.2) is 5.43 Å². The molecule has 1 N–H and O–H groups in total. The van der Waals surface area contributed by atoms with Gasteiger partial charge >= 0.3 is 0 Å². The number of ether oxygens (including phenoxy) is 2.